The first kappa shape index (κ1) is 20.5. The largest absolute Gasteiger partial charge is 0.496 e. The van der Waals surface area contributed by atoms with Gasteiger partial charge >= 0.3 is 0 Å². The summed E-state index contributed by atoms with van der Waals surface area (Å²) in [4.78, 5) is 9.29. The van der Waals surface area contributed by atoms with Crippen LogP contribution in [0.25, 0.3) is 0 Å². The molecule has 2 N–H and O–H groups in total. The number of methoxy groups -OCH3 is 1. The zero-order valence-corrected chi connectivity index (χ0v) is 17.0. The maximum absolute atomic E-state index is 5.47. The van der Waals surface area contributed by atoms with Gasteiger partial charge < -0.3 is 25.2 Å². The molecule has 6 heteroatoms. The van der Waals surface area contributed by atoms with E-state index >= 15 is 0 Å². The van der Waals surface area contributed by atoms with Gasteiger partial charge in [-0.2, -0.15) is 0 Å². The Balaban J connectivity index is 1.75. The lowest BCUT2D eigenvalue weighted by Crippen LogP contribution is -2.47. The lowest BCUT2D eigenvalue weighted by atomic mass is 10.1. The van der Waals surface area contributed by atoms with Crippen molar-refractivity contribution in [3.05, 3.63) is 29.3 Å². The summed E-state index contributed by atoms with van der Waals surface area (Å²) in [6.07, 6.45) is 0. The molecular weight excluding hydrogens is 326 g/mol. The average molecular weight is 362 g/mol. The van der Waals surface area contributed by atoms with Gasteiger partial charge in [-0.1, -0.05) is 19.1 Å². The van der Waals surface area contributed by atoms with Crippen molar-refractivity contribution < 1.29 is 4.74 Å². The molecule has 0 aromatic heterocycles. The fourth-order valence-corrected chi connectivity index (χ4v) is 3.20. The van der Waals surface area contributed by atoms with Crippen LogP contribution in [0.4, 0.5) is 0 Å². The van der Waals surface area contributed by atoms with Crippen LogP contribution < -0.4 is 15.4 Å². The van der Waals surface area contributed by atoms with Gasteiger partial charge in [0.05, 0.1) is 7.11 Å². The highest BCUT2D eigenvalue weighted by Gasteiger charge is 2.16. The van der Waals surface area contributed by atoms with Crippen LogP contribution in [0, 0.1) is 12.8 Å². The highest BCUT2D eigenvalue weighted by molar-refractivity contribution is 5.79. The first-order valence-electron chi connectivity index (χ1n) is 9.50. The minimum atomic E-state index is 0.575. The van der Waals surface area contributed by atoms with E-state index in [1.165, 1.54) is 31.7 Å². The van der Waals surface area contributed by atoms with Crippen molar-refractivity contribution in [2.75, 3.05) is 60.5 Å². The molecule has 0 radical (unpaired) electrons. The topological polar surface area (TPSA) is 52.1 Å². The second-order valence-electron chi connectivity index (χ2n) is 7.33. The number of nitrogens with zero attached hydrogens (tertiary/aromatic N) is 3. The summed E-state index contributed by atoms with van der Waals surface area (Å²) in [6, 6.07) is 6.27. The Kier molecular flexibility index (Phi) is 8.19. The van der Waals surface area contributed by atoms with E-state index in [0.717, 1.165) is 30.4 Å². The van der Waals surface area contributed by atoms with Gasteiger partial charge in [-0.05, 0) is 31.5 Å². The Morgan fingerprint density at radius 3 is 2.62 bits per heavy atom. The van der Waals surface area contributed by atoms with Gasteiger partial charge in [0.2, 0.25) is 0 Å². The van der Waals surface area contributed by atoms with Crippen molar-refractivity contribution >= 4 is 5.96 Å². The van der Waals surface area contributed by atoms with Gasteiger partial charge in [-0.3, -0.25) is 4.99 Å². The van der Waals surface area contributed by atoms with Crippen LogP contribution in [0.5, 0.6) is 5.75 Å². The first-order valence-corrected chi connectivity index (χ1v) is 9.50. The normalized spacial score (nSPS) is 17.8. The summed E-state index contributed by atoms with van der Waals surface area (Å²) < 4.78 is 5.47. The molecule has 1 aromatic carbocycles. The van der Waals surface area contributed by atoms with Crippen LogP contribution in [-0.2, 0) is 6.54 Å². The van der Waals surface area contributed by atoms with Crippen molar-refractivity contribution in [1.82, 2.24) is 20.4 Å². The van der Waals surface area contributed by atoms with Crippen LogP contribution in [0.3, 0.4) is 0 Å². The van der Waals surface area contributed by atoms with Gasteiger partial charge in [0.1, 0.15) is 5.75 Å². The number of piperazine rings is 1. The molecule has 146 valence electrons. The molecule has 1 heterocycles. The van der Waals surface area contributed by atoms with Crippen LogP contribution in [0.15, 0.2) is 23.2 Å². The summed E-state index contributed by atoms with van der Waals surface area (Å²) in [6.45, 7) is 11.8. The molecule has 26 heavy (non-hydrogen) atoms. The van der Waals surface area contributed by atoms with Crippen LogP contribution in [-0.4, -0.2) is 76.2 Å². The maximum atomic E-state index is 5.47. The maximum Gasteiger partial charge on any atom is 0.191 e. The molecule has 1 aliphatic rings. The molecule has 0 saturated carbocycles. The Morgan fingerprint density at radius 2 is 1.96 bits per heavy atom. The molecule has 2 rings (SSSR count). The third-order valence-electron chi connectivity index (χ3n) is 4.90. The van der Waals surface area contributed by atoms with E-state index in [1.807, 2.05) is 7.05 Å². The van der Waals surface area contributed by atoms with E-state index in [-0.39, 0.29) is 0 Å². The quantitative estimate of drug-likeness (QED) is 0.570. The molecule has 0 bridgehead atoms. The van der Waals surface area contributed by atoms with Crippen molar-refractivity contribution in [3.8, 4) is 5.75 Å². The van der Waals surface area contributed by atoms with Gasteiger partial charge in [0.15, 0.2) is 5.96 Å². The average Bonchev–Trinajstić information content (AvgIpc) is 2.64. The lowest BCUT2D eigenvalue weighted by molar-refractivity contribution is 0.139. The predicted molar refractivity (Wildman–Crippen MR) is 109 cm³/mol. The van der Waals surface area contributed by atoms with E-state index < -0.39 is 0 Å². The highest BCUT2D eigenvalue weighted by Crippen LogP contribution is 2.19. The number of benzene rings is 1. The summed E-state index contributed by atoms with van der Waals surface area (Å²) in [5.74, 6) is 2.32. The fraction of sp³-hybridized carbons (Fsp3) is 0.650. The van der Waals surface area contributed by atoms with E-state index in [9.17, 15) is 0 Å². The number of hydrogen-bond acceptors (Lipinski definition) is 4. The van der Waals surface area contributed by atoms with Crippen LogP contribution in [0.1, 0.15) is 18.1 Å². The summed E-state index contributed by atoms with van der Waals surface area (Å²) >= 11 is 0. The van der Waals surface area contributed by atoms with E-state index in [2.05, 4.69) is 64.5 Å². The van der Waals surface area contributed by atoms with Gasteiger partial charge in [0, 0.05) is 58.4 Å². The smallest absolute Gasteiger partial charge is 0.191 e. The second kappa shape index (κ2) is 10.4. The first-order chi connectivity index (χ1) is 12.5. The second-order valence-corrected chi connectivity index (χ2v) is 7.33. The Bertz CT molecular complexity index is 582. The number of ether oxygens (including phenoxy) is 1. The highest BCUT2D eigenvalue weighted by atomic mass is 16.5. The number of guanidine groups is 1. The molecule has 0 amide bonds. The number of aliphatic imine (C=N–C) groups is 1. The zero-order chi connectivity index (χ0) is 18.9. The number of nitrogens with one attached hydrogen (secondary N) is 2. The number of likely N-dealkylation sites (N-methyl/N-ethyl adjacent to an activating group) is 1. The molecule has 1 aliphatic heterocycles. The monoisotopic (exact) mass is 361 g/mol. The van der Waals surface area contributed by atoms with Crippen molar-refractivity contribution in [2.24, 2.45) is 10.9 Å². The lowest BCUT2D eigenvalue weighted by Gasteiger charge is -2.34. The van der Waals surface area contributed by atoms with Crippen molar-refractivity contribution in [3.63, 3.8) is 0 Å². The van der Waals surface area contributed by atoms with Crippen LogP contribution in [0.2, 0.25) is 0 Å². The van der Waals surface area contributed by atoms with Gasteiger partial charge in [-0.25, -0.2) is 0 Å². The SMILES string of the molecule is CN=C(NCc1ccc(C)cc1OC)NCC(C)CN1CCN(C)CC1. The standard InChI is InChI=1S/C20H35N5O/c1-16-6-7-18(19(12-16)26-5)14-23-20(21-3)22-13-17(2)15-25-10-8-24(4)9-11-25/h6-7,12,17H,8-11,13-15H2,1-5H3,(H2,21,22,23). The third-order valence-corrected chi connectivity index (χ3v) is 4.90. The molecule has 1 saturated heterocycles. The third kappa shape index (κ3) is 6.50. The molecule has 0 aliphatic carbocycles. The molecule has 1 fully saturated rings. The van der Waals surface area contributed by atoms with Gasteiger partial charge in [-0.15, -0.1) is 0 Å². The molecular formula is C20H35N5O. The fourth-order valence-electron chi connectivity index (χ4n) is 3.20. The number of rotatable bonds is 7. The molecule has 0 spiro atoms. The molecule has 1 atom stereocenters. The van der Waals surface area contributed by atoms with E-state index in [1.54, 1.807) is 7.11 Å². The van der Waals surface area contributed by atoms with E-state index in [0.29, 0.717) is 12.5 Å². The van der Waals surface area contributed by atoms with Crippen molar-refractivity contribution in [1.29, 1.82) is 0 Å². The summed E-state index contributed by atoms with van der Waals surface area (Å²) in [5.41, 5.74) is 2.33. The number of aryl methyl sites for hydroxylation is 1. The van der Waals surface area contributed by atoms with E-state index in [4.69, 9.17) is 4.74 Å². The van der Waals surface area contributed by atoms with Gasteiger partial charge in [0.25, 0.3) is 0 Å². The molecule has 1 aromatic rings. The van der Waals surface area contributed by atoms with Crippen molar-refractivity contribution in [2.45, 2.75) is 20.4 Å². The molecule has 6 nitrogen and oxygen atoms in total. The minimum Gasteiger partial charge on any atom is -0.496 e. The summed E-state index contributed by atoms with van der Waals surface area (Å²) in [7, 11) is 5.72. The Labute approximate surface area is 158 Å². The summed E-state index contributed by atoms with van der Waals surface area (Å²) in [5, 5.41) is 6.83. The predicted octanol–water partition coefficient (Wildman–Crippen LogP) is 1.55. The van der Waals surface area contributed by atoms with Crippen LogP contribution >= 0.6 is 0 Å². The molecule has 1 unspecified atom stereocenters. The number of hydrogen-bond donors (Lipinski definition) is 2. The Hall–Kier alpha value is -1.79. The Morgan fingerprint density at radius 1 is 1.23 bits per heavy atom. The zero-order valence-electron chi connectivity index (χ0n) is 17.0. The minimum absolute atomic E-state index is 0.575.